The molecule has 4 nitrogen and oxygen atoms in total. The largest absolute Gasteiger partial charge is 0.336 e. The third-order valence-corrected chi connectivity index (χ3v) is 2.83. The van der Waals surface area contributed by atoms with Gasteiger partial charge >= 0.3 is 0 Å². The molecule has 0 aliphatic rings. The molecule has 1 amide bonds. The Morgan fingerprint density at radius 3 is 2.63 bits per heavy atom. The van der Waals surface area contributed by atoms with Crippen molar-refractivity contribution in [1.29, 1.82) is 0 Å². The molecule has 0 saturated heterocycles. The number of hydrogen-bond donors (Lipinski definition) is 0. The summed E-state index contributed by atoms with van der Waals surface area (Å²) in [6.07, 6.45) is 1.63. The summed E-state index contributed by atoms with van der Waals surface area (Å²) in [6, 6.07) is 4.90. The van der Waals surface area contributed by atoms with Crippen molar-refractivity contribution in [3.05, 3.63) is 53.4 Å². The van der Waals surface area contributed by atoms with Gasteiger partial charge in [-0.1, -0.05) is 0 Å². The fraction of sp³-hybridized carbons (Fsp3) is 0.231. The molecule has 0 aliphatic carbocycles. The van der Waals surface area contributed by atoms with Crippen LogP contribution in [0.1, 0.15) is 16.1 Å². The van der Waals surface area contributed by atoms with E-state index in [1.165, 1.54) is 11.0 Å². The minimum absolute atomic E-state index is 0.114. The van der Waals surface area contributed by atoms with E-state index in [2.05, 4.69) is 5.10 Å². The molecule has 6 heteroatoms. The molecule has 0 radical (unpaired) electrons. The van der Waals surface area contributed by atoms with Crippen molar-refractivity contribution in [3.63, 3.8) is 0 Å². The van der Waals surface area contributed by atoms with Gasteiger partial charge in [-0.3, -0.25) is 9.48 Å². The summed E-state index contributed by atoms with van der Waals surface area (Å²) in [5.74, 6) is -2.37. The van der Waals surface area contributed by atoms with Gasteiger partial charge in [0.1, 0.15) is 0 Å². The van der Waals surface area contributed by atoms with Crippen LogP contribution in [0.2, 0.25) is 0 Å². The van der Waals surface area contributed by atoms with E-state index in [1.807, 2.05) is 0 Å². The summed E-state index contributed by atoms with van der Waals surface area (Å²) < 4.78 is 27.5. The molecule has 0 aliphatic heterocycles. The number of carbonyl (C=O) groups excluding carboxylic acids is 1. The van der Waals surface area contributed by atoms with Crippen LogP contribution in [0, 0.1) is 11.6 Å². The number of aromatic nitrogens is 2. The Morgan fingerprint density at radius 2 is 2.05 bits per heavy atom. The summed E-state index contributed by atoms with van der Waals surface area (Å²) >= 11 is 0. The molecular formula is C13H13F2N3O. The van der Waals surface area contributed by atoms with Crippen LogP contribution >= 0.6 is 0 Å². The third-order valence-electron chi connectivity index (χ3n) is 2.83. The molecule has 0 spiro atoms. The zero-order chi connectivity index (χ0) is 14.0. The van der Waals surface area contributed by atoms with E-state index in [-0.39, 0.29) is 11.5 Å². The highest BCUT2D eigenvalue weighted by atomic mass is 19.2. The summed E-state index contributed by atoms with van der Waals surface area (Å²) in [5.41, 5.74) is 0.960. The standard InChI is InChI=1S/C13H13F2N3O/c1-17(8-10-5-6-16-18(10)2)13(19)9-3-4-11(14)12(15)7-9/h3-7H,8H2,1-2H3. The second-order valence-corrected chi connectivity index (χ2v) is 4.24. The van der Waals surface area contributed by atoms with Crippen LogP contribution in [0.15, 0.2) is 30.5 Å². The van der Waals surface area contributed by atoms with Crippen molar-refractivity contribution in [2.24, 2.45) is 7.05 Å². The Balaban J connectivity index is 2.15. The molecule has 19 heavy (non-hydrogen) atoms. The van der Waals surface area contributed by atoms with Crippen LogP contribution < -0.4 is 0 Å². The topological polar surface area (TPSA) is 38.1 Å². The molecule has 0 N–H and O–H groups in total. The minimum atomic E-state index is -1.03. The van der Waals surface area contributed by atoms with Crippen molar-refractivity contribution in [2.45, 2.75) is 6.54 Å². The van der Waals surface area contributed by atoms with Gasteiger partial charge in [0.15, 0.2) is 11.6 Å². The van der Waals surface area contributed by atoms with Gasteiger partial charge in [0.2, 0.25) is 0 Å². The maximum Gasteiger partial charge on any atom is 0.254 e. The quantitative estimate of drug-likeness (QED) is 0.851. The highest BCUT2D eigenvalue weighted by Gasteiger charge is 2.15. The maximum absolute atomic E-state index is 13.1. The van der Waals surface area contributed by atoms with E-state index in [1.54, 1.807) is 31.0 Å². The number of benzene rings is 1. The highest BCUT2D eigenvalue weighted by molar-refractivity contribution is 5.94. The first kappa shape index (κ1) is 13.2. The number of aryl methyl sites for hydroxylation is 1. The van der Waals surface area contributed by atoms with Gasteiger partial charge in [-0.15, -0.1) is 0 Å². The molecule has 2 rings (SSSR count). The Bertz CT molecular complexity index is 610. The van der Waals surface area contributed by atoms with Crippen molar-refractivity contribution in [3.8, 4) is 0 Å². The maximum atomic E-state index is 13.1. The second kappa shape index (κ2) is 5.17. The van der Waals surface area contributed by atoms with Crippen LogP contribution in [0.25, 0.3) is 0 Å². The summed E-state index contributed by atoms with van der Waals surface area (Å²) in [6.45, 7) is 0.342. The minimum Gasteiger partial charge on any atom is -0.336 e. The van der Waals surface area contributed by atoms with Crippen LogP contribution in [0.4, 0.5) is 8.78 Å². The zero-order valence-corrected chi connectivity index (χ0v) is 10.6. The summed E-state index contributed by atoms with van der Waals surface area (Å²) in [7, 11) is 3.36. The summed E-state index contributed by atoms with van der Waals surface area (Å²) in [4.78, 5) is 13.5. The number of hydrogen-bond acceptors (Lipinski definition) is 2. The van der Waals surface area contributed by atoms with E-state index < -0.39 is 11.6 Å². The van der Waals surface area contributed by atoms with Crippen LogP contribution in [0.5, 0.6) is 0 Å². The Morgan fingerprint density at radius 1 is 1.32 bits per heavy atom. The molecular weight excluding hydrogens is 252 g/mol. The predicted octanol–water partition coefficient (Wildman–Crippen LogP) is 1.97. The molecule has 0 unspecified atom stereocenters. The van der Waals surface area contributed by atoms with Gasteiger partial charge in [0.05, 0.1) is 12.2 Å². The van der Waals surface area contributed by atoms with Gasteiger partial charge in [-0.25, -0.2) is 8.78 Å². The first-order chi connectivity index (χ1) is 8.99. The Labute approximate surface area is 109 Å². The molecule has 1 heterocycles. The average Bonchev–Trinajstić information content (AvgIpc) is 2.77. The van der Waals surface area contributed by atoms with Gasteiger partial charge in [0.25, 0.3) is 5.91 Å². The van der Waals surface area contributed by atoms with E-state index >= 15 is 0 Å². The number of carbonyl (C=O) groups is 1. The fourth-order valence-electron chi connectivity index (χ4n) is 1.72. The number of amides is 1. The highest BCUT2D eigenvalue weighted by Crippen LogP contribution is 2.12. The van der Waals surface area contributed by atoms with E-state index in [0.29, 0.717) is 6.54 Å². The average molecular weight is 265 g/mol. The Kier molecular flexibility index (Phi) is 3.59. The second-order valence-electron chi connectivity index (χ2n) is 4.24. The van der Waals surface area contributed by atoms with E-state index in [9.17, 15) is 13.6 Å². The molecule has 0 bridgehead atoms. The van der Waals surface area contributed by atoms with Crippen LogP contribution in [-0.4, -0.2) is 27.6 Å². The molecule has 0 saturated carbocycles. The SMILES string of the molecule is CN(Cc1ccnn1C)C(=O)c1ccc(F)c(F)c1. The smallest absolute Gasteiger partial charge is 0.254 e. The molecule has 1 aromatic carbocycles. The molecule has 0 fully saturated rings. The van der Waals surface area contributed by atoms with Crippen molar-refractivity contribution >= 4 is 5.91 Å². The first-order valence-corrected chi connectivity index (χ1v) is 5.66. The number of rotatable bonds is 3. The van der Waals surface area contributed by atoms with Crippen molar-refractivity contribution in [1.82, 2.24) is 14.7 Å². The molecule has 0 atom stereocenters. The lowest BCUT2D eigenvalue weighted by molar-refractivity contribution is 0.0781. The number of nitrogens with zero attached hydrogens (tertiary/aromatic N) is 3. The lowest BCUT2D eigenvalue weighted by atomic mass is 10.2. The Hall–Kier alpha value is -2.24. The zero-order valence-electron chi connectivity index (χ0n) is 10.6. The van der Waals surface area contributed by atoms with Gasteiger partial charge in [-0.2, -0.15) is 5.10 Å². The van der Waals surface area contributed by atoms with Gasteiger partial charge in [-0.05, 0) is 24.3 Å². The first-order valence-electron chi connectivity index (χ1n) is 5.66. The third kappa shape index (κ3) is 2.78. The lowest BCUT2D eigenvalue weighted by Crippen LogP contribution is -2.27. The normalized spacial score (nSPS) is 10.5. The number of halogens is 2. The lowest BCUT2D eigenvalue weighted by Gasteiger charge is -2.17. The molecule has 2 aromatic rings. The van der Waals surface area contributed by atoms with E-state index in [0.717, 1.165) is 17.8 Å². The summed E-state index contributed by atoms with van der Waals surface area (Å²) in [5, 5.41) is 4.00. The van der Waals surface area contributed by atoms with Crippen LogP contribution in [-0.2, 0) is 13.6 Å². The predicted molar refractivity (Wildman–Crippen MR) is 65.4 cm³/mol. The molecule has 100 valence electrons. The fourth-order valence-corrected chi connectivity index (χ4v) is 1.72. The monoisotopic (exact) mass is 265 g/mol. The van der Waals surface area contributed by atoms with Crippen molar-refractivity contribution < 1.29 is 13.6 Å². The molecule has 1 aromatic heterocycles. The van der Waals surface area contributed by atoms with Crippen LogP contribution in [0.3, 0.4) is 0 Å². The van der Waals surface area contributed by atoms with Gasteiger partial charge < -0.3 is 4.90 Å². The van der Waals surface area contributed by atoms with Crippen molar-refractivity contribution in [2.75, 3.05) is 7.05 Å². The van der Waals surface area contributed by atoms with Gasteiger partial charge in [0, 0.05) is 25.9 Å². The van der Waals surface area contributed by atoms with E-state index in [4.69, 9.17) is 0 Å².